The van der Waals surface area contributed by atoms with Crippen molar-refractivity contribution < 1.29 is 9.59 Å². The molecule has 152 valence electrons. The molecular weight excluding hydrogens is 376 g/mol. The van der Waals surface area contributed by atoms with Crippen LogP contribution in [0.4, 0.5) is 5.82 Å². The molecule has 30 heavy (non-hydrogen) atoms. The summed E-state index contributed by atoms with van der Waals surface area (Å²) in [5, 5.41) is 0. The summed E-state index contributed by atoms with van der Waals surface area (Å²) in [7, 11) is 0. The number of hydrogen-bond donors (Lipinski definition) is 0. The van der Waals surface area contributed by atoms with Gasteiger partial charge in [0, 0.05) is 56.2 Å². The van der Waals surface area contributed by atoms with Crippen molar-refractivity contribution in [3.05, 3.63) is 78.6 Å². The molecule has 4 rings (SSSR count). The van der Waals surface area contributed by atoms with E-state index in [1.165, 1.54) is 0 Å². The Balaban J connectivity index is 1.31. The first kappa shape index (κ1) is 19.8. The largest absolute Gasteiger partial charge is 0.353 e. The van der Waals surface area contributed by atoms with Crippen LogP contribution in [0.3, 0.4) is 0 Å². The minimum atomic E-state index is 0.0111. The maximum Gasteiger partial charge on any atom is 0.223 e. The first-order chi connectivity index (χ1) is 14.7. The van der Waals surface area contributed by atoms with Crippen LogP contribution in [0.15, 0.2) is 73.1 Å². The fraction of sp³-hybridized carbons (Fsp3) is 0.250. The second-order valence-corrected chi connectivity index (χ2v) is 7.28. The number of hydrogen-bond acceptors (Lipinski definition) is 5. The normalized spacial score (nSPS) is 13.9. The lowest BCUT2D eigenvalue weighted by atomic mass is 10.1. The quantitative estimate of drug-likeness (QED) is 0.593. The molecule has 0 unspecified atom stereocenters. The van der Waals surface area contributed by atoms with Crippen LogP contribution in [0.25, 0.3) is 11.3 Å². The zero-order valence-corrected chi connectivity index (χ0v) is 16.8. The van der Waals surface area contributed by atoms with E-state index in [0.717, 1.165) is 17.1 Å². The highest BCUT2D eigenvalue weighted by Gasteiger charge is 2.22. The van der Waals surface area contributed by atoms with Gasteiger partial charge in [-0.3, -0.25) is 9.59 Å². The Kier molecular flexibility index (Phi) is 6.13. The van der Waals surface area contributed by atoms with Crippen LogP contribution in [0, 0.1) is 0 Å². The van der Waals surface area contributed by atoms with Crippen molar-refractivity contribution in [2.45, 2.75) is 12.8 Å². The Morgan fingerprint density at radius 2 is 1.47 bits per heavy atom. The van der Waals surface area contributed by atoms with Gasteiger partial charge in [-0.25, -0.2) is 9.97 Å². The number of nitrogens with zero attached hydrogens (tertiary/aromatic N) is 4. The number of piperazine rings is 1. The smallest absolute Gasteiger partial charge is 0.223 e. The highest BCUT2D eigenvalue weighted by Crippen LogP contribution is 2.21. The van der Waals surface area contributed by atoms with Crippen LogP contribution >= 0.6 is 0 Å². The molecule has 6 nitrogen and oxygen atoms in total. The third-order valence-corrected chi connectivity index (χ3v) is 5.34. The van der Waals surface area contributed by atoms with Crippen molar-refractivity contribution in [3.8, 4) is 11.3 Å². The monoisotopic (exact) mass is 400 g/mol. The van der Waals surface area contributed by atoms with Gasteiger partial charge in [0.05, 0.1) is 5.69 Å². The minimum Gasteiger partial charge on any atom is -0.353 e. The van der Waals surface area contributed by atoms with Gasteiger partial charge in [-0.2, -0.15) is 0 Å². The van der Waals surface area contributed by atoms with Crippen molar-refractivity contribution >= 4 is 17.5 Å². The molecule has 2 heterocycles. The summed E-state index contributed by atoms with van der Waals surface area (Å²) < 4.78 is 0. The Labute approximate surface area is 176 Å². The first-order valence-electron chi connectivity index (χ1n) is 10.2. The minimum absolute atomic E-state index is 0.0111. The number of Topliss-reactive ketones (excluding diaryl/α,β-unsaturated/α-hetero) is 1. The summed E-state index contributed by atoms with van der Waals surface area (Å²) >= 11 is 0. The third-order valence-electron chi connectivity index (χ3n) is 5.34. The molecule has 3 aromatic rings. The molecule has 0 N–H and O–H groups in total. The zero-order chi connectivity index (χ0) is 20.8. The third kappa shape index (κ3) is 4.71. The SMILES string of the molecule is O=C(CCC(=O)N1CCN(c2cc(-c3ccccc3)ncn2)CC1)c1ccccc1. The van der Waals surface area contributed by atoms with E-state index in [1.54, 1.807) is 18.5 Å². The molecule has 1 aliphatic heterocycles. The number of anilines is 1. The predicted octanol–water partition coefficient (Wildman–Crippen LogP) is 3.46. The number of ketones is 1. The number of carbonyl (C=O) groups is 2. The average Bonchev–Trinajstić information content (AvgIpc) is 2.83. The molecule has 0 bridgehead atoms. The van der Waals surface area contributed by atoms with Crippen LogP contribution in [0.5, 0.6) is 0 Å². The molecule has 6 heteroatoms. The zero-order valence-electron chi connectivity index (χ0n) is 16.8. The summed E-state index contributed by atoms with van der Waals surface area (Å²) in [6.45, 7) is 2.68. The van der Waals surface area contributed by atoms with Crippen LogP contribution < -0.4 is 4.90 Å². The van der Waals surface area contributed by atoms with Gasteiger partial charge in [0.25, 0.3) is 0 Å². The molecular formula is C24H24N4O2. The maximum atomic E-state index is 12.5. The topological polar surface area (TPSA) is 66.4 Å². The van der Waals surface area contributed by atoms with E-state index in [9.17, 15) is 9.59 Å². The van der Waals surface area contributed by atoms with Crippen LogP contribution in [0.1, 0.15) is 23.2 Å². The van der Waals surface area contributed by atoms with Crippen molar-refractivity contribution in [3.63, 3.8) is 0 Å². The van der Waals surface area contributed by atoms with Crippen molar-refractivity contribution in [2.75, 3.05) is 31.1 Å². The van der Waals surface area contributed by atoms with Crippen LogP contribution in [0.2, 0.25) is 0 Å². The van der Waals surface area contributed by atoms with Gasteiger partial charge in [-0.1, -0.05) is 60.7 Å². The van der Waals surface area contributed by atoms with Gasteiger partial charge >= 0.3 is 0 Å². The molecule has 0 aliphatic carbocycles. The maximum absolute atomic E-state index is 12.5. The lowest BCUT2D eigenvalue weighted by Gasteiger charge is -2.35. The lowest BCUT2D eigenvalue weighted by molar-refractivity contribution is -0.131. The van der Waals surface area contributed by atoms with E-state index in [4.69, 9.17) is 0 Å². The molecule has 1 saturated heterocycles. The molecule has 1 aliphatic rings. The van der Waals surface area contributed by atoms with Crippen LogP contribution in [-0.2, 0) is 4.79 Å². The number of carbonyl (C=O) groups excluding carboxylic acids is 2. The molecule has 0 saturated carbocycles. The molecule has 2 aromatic carbocycles. The van der Waals surface area contributed by atoms with E-state index in [1.807, 2.05) is 59.5 Å². The molecule has 0 atom stereocenters. The fourth-order valence-electron chi connectivity index (χ4n) is 3.62. The van der Waals surface area contributed by atoms with Gasteiger partial charge in [0.1, 0.15) is 12.1 Å². The van der Waals surface area contributed by atoms with E-state index in [2.05, 4.69) is 14.9 Å². The number of rotatable bonds is 6. The average molecular weight is 400 g/mol. The Morgan fingerprint density at radius 1 is 0.800 bits per heavy atom. The lowest BCUT2D eigenvalue weighted by Crippen LogP contribution is -2.49. The molecule has 0 radical (unpaired) electrons. The highest BCUT2D eigenvalue weighted by atomic mass is 16.2. The summed E-state index contributed by atoms with van der Waals surface area (Å²) in [5.74, 6) is 0.916. The van der Waals surface area contributed by atoms with Crippen LogP contribution in [-0.4, -0.2) is 52.7 Å². The Hall–Kier alpha value is -3.54. The molecule has 0 spiro atoms. The van der Waals surface area contributed by atoms with E-state index >= 15 is 0 Å². The second kappa shape index (κ2) is 9.31. The van der Waals surface area contributed by atoms with Gasteiger partial charge in [-0.05, 0) is 0 Å². The highest BCUT2D eigenvalue weighted by molar-refractivity contribution is 5.97. The summed E-state index contributed by atoms with van der Waals surface area (Å²) in [4.78, 5) is 37.6. The van der Waals surface area contributed by atoms with Crippen molar-refractivity contribution in [1.82, 2.24) is 14.9 Å². The van der Waals surface area contributed by atoms with Gasteiger partial charge in [0.15, 0.2) is 5.78 Å². The summed E-state index contributed by atoms with van der Waals surface area (Å²) in [6, 6.07) is 21.1. The van der Waals surface area contributed by atoms with Gasteiger partial charge in [-0.15, -0.1) is 0 Å². The standard InChI is InChI=1S/C24H24N4O2/c29-22(20-9-5-2-6-10-20)11-12-24(30)28-15-13-27(14-16-28)23-17-21(25-18-26-23)19-7-3-1-4-8-19/h1-10,17-18H,11-16H2. The van der Waals surface area contributed by atoms with Gasteiger partial charge in [0.2, 0.25) is 5.91 Å². The van der Waals surface area contributed by atoms with E-state index in [0.29, 0.717) is 31.7 Å². The first-order valence-corrected chi connectivity index (χ1v) is 10.2. The summed E-state index contributed by atoms with van der Waals surface area (Å²) in [5.41, 5.74) is 2.60. The van der Waals surface area contributed by atoms with E-state index < -0.39 is 0 Å². The van der Waals surface area contributed by atoms with Crippen molar-refractivity contribution in [2.24, 2.45) is 0 Å². The van der Waals surface area contributed by atoms with Gasteiger partial charge < -0.3 is 9.80 Å². The number of aromatic nitrogens is 2. The summed E-state index contributed by atoms with van der Waals surface area (Å²) in [6.07, 6.45) is 2.08. The Bertz CT molecular complexity index is 1000. The number of amides is 1. The second-order valence-electron chi connectivity index (χ2n) is 7.28. The molecule has 1 aromatic heterocycles. The predicted molar refractivity (Wildman–Crippen MR) is 116 cm³/mol. The number of benzene rings is 2. The van der Waals surface area contributed by atoms with Crippen molar-refractivity contribution in [1.29, 1.82) is 0 Å². The Morgan fingerprint density at radius 3 is 2.17 bits per heavy atom. The fourth-order valence-corrected chi connectivity index (χ4v) is 3.62. The van der Waals surface area contributed by atoms with E-state index in [-0.39, 0.29) is 24.5 Å². The molecule has 1 amide bonds. The molecule has 1 fully saturated rings.